The Balaban J connectivity index is 2.33. The predicted molar refractivity (Wildman–Crippen MR) is 79.0 cm³/mol. The van der Waals surface area contributed by atoms with E-state index in [-0.39, 0.29) is 27.7 Å². The van der Waals surface area contributed by atoms with Crippen molar-refractivity contribution in [3.63, 3.8) is 0 Å². The van der Waals surface area contributed by atoms with Crippen LogP contribution in [0.4, 0.5) is 15.8 Å². The molecular formula is C14H10ClFN2O4. The SMILES string of the molecule is COc1ccc([N+](=O)[O-])cc1C(=O)Nc1ccc(F)c(Cl)c1. The van der Waals surface area contributed by atoms with Gasteiger partial charge in [-0.05, 0) is 24.3 Å². The summed E-state index contributed by atoms with van der Waals surface area (Å²) in [4.78, 5) is 22.4. The minimum atomic E-state index is -0.636. The van der Waals surface area contributed by atoms with Gasteiger partial charge in [0.1, 0.15) is 11.6 Å². The molecule has 0 radical (unpaired) electrons. The highest BCUT2D eigenvalue weighted by atomic mass is 35.5. The van der Waals surface area contributed by atoms with Gasteiger partial charge in [-0.3, -0.25) is 14.9 Å². The lowest BCUT2D eigenvalue weighted by atomic mass is 10.1. The van der Waals surface area contributed by atoms with Gasteiger partial charge in [-0.25, -0.2) is 4.39 Å². The molecule has 114 valence electrons. The van der Waals surface area contributed by atoms with Crippen molar-refractivity contribution in [1.82, 2.24) is 0 Å². The van der Waals surface area contributed by atoms with Crippen LogP contribution in [0.5, 0.6) is 5.75 Å². The van der Waals surface area contributed by atoms with E-state index < -0.39 is 16.6 Å². The first-order chi connectivity index (χ1) is 10.4. The molecule has 0 heterocycles. The maximum absolute atomic E-state index is 13.1. The molecule has 22 heavy (non-hydrogen) atoms. The lowest BCUT2D eigenvalue weighted by Gasteiger charge is -2.09. The van der Waals surface area contributed by atoms with Gasteiger partial charge in [0, 0.05) is 17.8 Å². The van der Waals surface area contributed by atoms with Crippen LogP contribution in [0, 0.1) is 15.9 Å². The Labute approximate surface area is 129 Å². The maximum atomic E-state index is 13.1. The Morgan fingerprint density at radius 1 is 1.32 bits per heavy atom. The van der Waals surface area contributed by atoms with E-state index in [9.17, 15) is 19.3 Å². The largest absolute Gasteiger partial charge is 0.496 e. The van der Waals surface area contributed by atoms with Crippen LogP contribution in [-0.4, -0.2) is 17.9 Å². The van der Waals surface area contributed by atoms with Crippen molar-refractivity contribution in [2.45, 2.75) is 0 Å². The van der Waals surface area contributed by atoms with Crippen LogP contribution in [-0.2, 0) is 0 Å². The highest BCUT2D eigenvalue weighted by Crippen LogP contribution is 2.26. The van der Waals surface area contributed by atoms with Gasteiger partial charge < -0.3 is 10.1 Å². The fourth-order valence-electron chi connectivity index (χ4n) is 1.76. The Bertz CT molecular complexity index is 752. The van der Waals surface area contributed by atoms with Gasteiger partial charge in [0.2, 0.25) is 0 Å². The molecule has 0 saturated heterocycles. The Kier molecular flexibility index (Phi) is 4.57. The molecule has 0 aliphatic heterocycles. The van der Waals surface area contributed by atoms with Crippen molar-refractivity contribution in [3.05, 3.63) is 62.9 Å². The smallest absolute Gasteiger partial charge is 0.270 e. The molecule has 2 rings (SSSR count). The van der Waals surface area contributed by atoms with E-state index in [0.29, 0.717) is 0 Å². The van der Waals surface area contributed by atoms with Gasteiger partial charge in [-0.1, -0.05) is 11.6 Å². The third-order valence-electron chi connectivity index (χ3n) is 2.82. The summed E-state index contributed by atoms with van der Waals surface area (Å²) in [7, 11) is 1.34. The second-order valence-electron chi connectivity index (χ2n) is 4.22. The molecule has 0 aliphatic rings. The summed E-state index contributed by atoms with van der Waals surface area (Å²) in [5.74, 6) is -1.08. The number of methoxy groups -OCH3 is 1. The number of rotatable bonds is 4. The molecule has 0 aromatic heterocycles. The number of halogens is 2. The number of hydrogen-bond acceptors (Lipinski definition) is 4. The van der Waals surface area contributed by atoms with E-state index in [0.717, 1.165) is 12.1 Å². The van der Waals surface area contributed by atoms with Gasteiger partial charge in [0.05, 0.1) is 22.6 Å². The summed E-state index contributed by atoms with van der Waals surface area (Å²) in [6, 6.07) is 7.30. The number of nitro benzene ring substituents is 1. The van der Waals surface area contributed by atoms with E-state index in [1.165, 1.54) is 31.4 Å². The third-order valence-corrected chi connectivity index (χ3v) is 3.11. The van der Waals surface area contributed by atoms with E-state index >= 15 is 0 Å². The molecule has 1 amide bonds. The predicted octanol–water partition coefficient (Wildman–Crippen LogP) is 3.65. The van der Waals surface area contributed by atoms with Crippen molar-refractivity contribution < 1.29 is 18.8 Å². The number of hydrogen-bond donors (Lipinski definition) is 1. The van der Waals surface area contributed by atoms with Gasteiger partial charge in [-0.15, -0.1) is 0 Å². The molecule has 0 fully saturated rings. The zero-order chi connectivity index (χ0) is 16.3. The van der Waals surface area contributed by atoms with Crippen molar-refractivity contribution in [3.8, 4) is 5.75 Å². The van der Waals surface area contributed by atoms with Crippen molar-refractivity contribution in [1.29, 1.82) is 0 Å². The van der Waals surface area contributed by atoms with Crippen LogP contribution in [0.15, 0.2) is 36.4 Å². The highest BCUT2D eigenvalue weighted by molar-refractivity contribution is 6.31. The van der Waals surface area contributed by atoms with E-state index in [1.54, 1.807) is 0 Å². The number of ether oxygens (including phenoxy) is 1. The number of carbonyl (C=O) groups is 1. The molecule has 6 nitrogen and oxygen atoms in total. The quantitative estimate of drug-likeness (QED) is 0.687. The van der Waals surface area contributed by atoms with Crippen LogP contribution < -0.4 is 10.1 Å². The second kappa shape index (κ2) is 6.40. The summed E-state index contributed by atoms with van der Waals surface area (Å²) in [5, 5.41) is 13.1. The minimum Gasteiger partial charge on any atom is -0.496 e. The second-order valence-corrected chi connectivity index (χ2v) is 4.63. The highest BCUT2D eigenvalue weighted by Gasteiger charge is 2.18. The van der Waals surface area contributed by atoms with E-state index in [2.05, 4.69) is 5.32 Å². The first kappa shape index (κ1) is 15.7. The van der Waals surface area contributed by atoms with Crippen molar-refractivity contribution in [2.75, 3.05) is 12.4 Å². The molecule has 0 bridgehead atoms. The number of nitrogens with zero attached hydrogens (tertiary/aromatic N) is 1. The molecule has 0 unspecified atom stereocenters. The van der Waals surface area contributed by atoms with Crippen molar-refractivity contribution in [2.24, 2.45) is 0 Å². The van der Waals surface area contributed by atoms with Gasteiger partial charge in [0.25, 0.3) is 11.6 Å². The fraction of sp³-hybridized carbons (Fsp3) is 0.0714. The van der Waals surface area contributed by atoms with Crippen LogP contribution in [0.25, 0.3) is 0 Å². The Hall–Kier alpha value is -2.67. The summed E-state index contributed by atoms with van der Waals surface area (Å²) >= 11 is 5.63. The first-order valence-electron chi connectivity index (χ1n) is 6.01. The van der Waals surface area contributed by atoms with Crippen LogP contribution in [0.2, 0.25) is 5.02 Å². The molecule has 0 spiro atoms. The Morgan fingerprint density at radius 3 is 2.64 bits per heavy atom. The number of anilines is 1. The monoisotopic (exact) mass is 324 g/mol. The van der Waals surface area contributed by atoms with Crippen LogP contribution >= 0.6 is 11.6 Å². The van der Waals surface area contributed by atoms with Gasteiger partial charge in [0.15, 0.2) is 0 Å². The molecule has 8 heteroatoms. The third kappa shape index (κ3) is 3.32. The number of nitro groups is 1. The van der Waals surface area contributed by atoms with E-state index in [1.807, 2.05) is 0 Å². The molecule has 0 atom stereocenters. The lowest BCUT2D eigenvalue weighted by molar-refractivity contribution is -0.384. The zero-order valence-corrected chi connectivity index (χ0v) is 12.1. The minimum absolute atomic E-state index is 0.0165. The average Bonchev–Trinajstić information content (AvgIpc) is 2.50. The summed E-state index contributed by atoms with van der Waals surface area (Å²) in [6.07, 6.45) is 0. The van der Waals surface area contributed by atoms with E-state index in [4.69, 9.17) is 16.3 Å². The normalized spacial score (nSPS) is 10.1. The standard InChI is InChI=1S/C14H10ClFN2O4/c1-22-13-5-3-9(18(20)21)7-10(13)14(19)17-8-2-4-12(16)11(15)6-8/h2-7H,1H3,(H,17,19). The molecule has 2 aromatic rings. The first-order valence-corrected chi connectivity index (χ1v) is 6.39. The average molecular weight is 325 g/mol. The van der Waals surface area contributed by atoms with Crippen LogP contribution in [0.3, 0.4) is 0 Å². The molecule has 0 aliphatic carbocycles. The maximum Gasteiger partial charge on any atom is 0.270 e. The number of non-ortho nitro benzene ring substituents is 1. The zero-order valence-electron chi connectivity index (χ0n) is 11.3. The lowest BCUT2D eigenvalue weighted by Crippen LogP contribution is -2.13. The molecule has 2 aromatic carbocycles. The van der Waals surface area contributed by atoms with Crippen LogP contribution in [0.1, 0.15) is 10.4 Å². The number of carbonyl (C=O) groups excluding carboxylic acids is 1. The molecule has 0 saturated carbocycles. The number of amides is 1. The summed E-state index contributed by atoms with van der Waals surface area (Å²) in [5.41, 5.74) is -0.00908. The van der Waals surface area contributed by atoms with Crippen molar-refractivity contribution >= 4 is 28.9 Å². The topological polar surface area (TPSA) is 81.5 Å². The fourth-order valence-corrected chi connectivity index (χ4v) is 1.94. The Morgan fingerprint density at radius 2 is 2.05 bits per heavy atom. The van der Waals surface area contributed by atoms with Gasteiger partial charge in [-0.2, -0.15) is 0 Å². The molecular weight excluding hydrogens is 315 g/mol. The number of benzene rings is 2. The van der Waals surface area contributed by atoms with Gasteiger partial charge >= 0.3 is 0 Å². The summed E-state index contributed by atoms with van der Waals surface area (Å²) < 4.78 is 18.1. The number of nitrogens with one attached hydrogen (secondary N) is 1. The molecule has 1 N–H and O–H groups in total. The summed E-state index contributed by atoms with van der Waals surface area (Å²) in [6.45, 7) is 0.